The van der Waals surface area contributed by atoms with E-state index in [0.717, 1.165) is 17.4 Å². The average Bonchev–Trinajstić information content (AvgIpc) is 2.77. The summed E-state index contributed by atoms with van der Waals surface area (Å²) in [5.74, 6) is 1.52. The van der Waals surface area contributed by atoms with E-state index in [-0.39, 0.29) is 35.4 Å². The number of aromatic nitrogens is 1. The highest BCUT2D eigenvalue weighted by atomic mass is 35.5. The summed E-state index contributed by atoms with van der Waals surface area (Å²) < 4.78 is 36.0. The van der Waals surface area contributed by atoms with Crippen LogP contribution < -0.4 is 14.2 Å². The molecule has 10 heteroatoms. The van der Waals surface area contributed by atoms with Gasteiger partial charge in [-0.1, -0.05) is 29.8 Å². The number of hydrogen-bond donors (Lipinski definition) is 1. The second kappa shape index (κ2) is 10.7. The third-order valence-electron chi connectivity index (χ3n) is 4.22. The van der Waals surface area contributed by atoms with Gasteiger partial charge in [0.05, 0.1) is 35.0 Å². The molecule has 0 radical (unpaired) electrons. The van der Waals surface area contributed by atoms with Gasteiger partial charge >= 0.3 is 0 Å². The highest BCUT2D eigenvalue weighted by Crippen LogP contribution is 2.35. The van der Waals surface area contributed by atoms with Crippen LogP contribution >= 0.6 is 23.2 Å². The summed E-state index contributed by atoms with van der Waals surface area (Å²) in [5.41, 5.74) is 2.65. The number of sulfonamides is 1. The Kier molecular flexibility index (Phi) is 7.94. The fraction of sp³-hybridized carbons (Fsp3) is 0.182. The van der Waals surface area contributed by atoms with Gasteiger partial charge in [-0.2, -0.15) is 5.26 Å². The van der Waals surface area contributed by atoms with Crippen LogP contribution in [0.2, 0.25) is 5.02 Å². The summed E-state index contributed by atoms with van der Waals surface area (Å²) in [6.45, 7) is 0.372. The molecule has 1 aromatic heterocycles. The van der Waals surface area contributed by atoms with Crippen molar-refractivity contribution in [3.63, 3.8) is 0 Å². The second-order valence-electron chi connectivity index (χ2n) is 6.69. The Bertz CT molecular complexity index is 1230. The van der Waals surface area contributed by atoms with Crippen molar-refractivity contribution >= 4 is 33.2 Å². The molecule has 0 saturated carbocycles. The van der Waals surface area contributed by atoms with Gasteiger partial charge in [0.1, 0.15) is 24.2 Å². The lowest BCUT2D eigenvalue weighted by atomic mass is 10.1. The minimum atomic E-state index is -3.27. The molecule has 0 spiro atoms. The lowest BCUT2D eigenvalue weighted by Gasteiger charge is -2.12. The molecular weight excluding hydrogens is 473 g/mol. The number of halogens is 2. The van der Waals surface area contributed by atoms with Crippen LogP contribution in [0, 0.1) is 11.3 Å². The summed E-state index contributed by atoms with van der Waals surface area (Å²) in [6, 6.07) is 16.1. The Hall–Kier alpha value is -2.83. The molecule has 1 heterocycles. The molecule has 0 aliphatic rings. The van der Waals surface area contributed by atoms with Crippen LogP contribution in [-0.2, 0) is 16.6 Å². The molecule has 0 saturated heterocycles. The van der Waals surface area contributed by atoms with Crippen molar-refractivity contribution in [1.82, 2.24) is 9.71 Å². The van der Waals surface area contributed by atoms with E-state index < -0.39 is 10.0 Å². The number of nitrogens with zero attached hydrogens (tertiary/aromatic N) is 2. The maximum Gasteiger partial charge on any atom is 0.209 e. The van der Waals surface area contributed by atoms with Crippen molar-refractivity contribution in [2.45, 2.75) is 6.54 Å². The Labute approximate surface area is 196 Å². The van der Waals surface area contributed by atoms with E-state index in [1.54, 1.807) is 36.5 Å². The molecule has 0 fully saturated rings. The standard InChI is InChI=1S/C22H19Cl2N3O4S/c1-32(28,29)27-14-18-5-2-16(13-26-18)15-3-6-19(7-4-15)31-20-10-17(12-25)22(21(24)11-20)30-9-8-23/h2-7,10-11,13,27H,8-9,14H2,1H3. The maximum atomic E-state index is 11.2. The molecule has 32 heavy (non-hydrogen) atoms. The third-order valence-corrected chi connectivity index (χ3v) is 5.33. The molecule has 0 aliphatic carbocycles. The number of alkyl halides is 1. The predicted molar refractivity (Wildman–Crippen MR) is 124 cm³/mol. The number of hydrogen-bond acceptors (Lipinski definition) is 6. The average molecular weight is 492 g/mol. The van der Waals surface area contributed by atoms with E-state index in [9.17, 15) is 13.7 Å². The van der Waals surface area contributed by atoms with Gasteiger partial charge in [0.25, 0.3) is 0 Å². The zero-order chi connectivity index (χ0) is 23.1. The van der Waals surface area contributed by atoms with Crippen LogP contribution in [0.25, 0.3) is 11.1 Å². The van der Waals surface area contributed by atoms with Crippen molar-refractivity contribution in [2.24, 2.45) is 0 Å². The number of ether oxygens (including phenoxy) is 2. The maximum absolute atomic E-state index is 11.2. The first kappa shape index (κ1) is 23.8. The Morgan fingerprint density at radius 2 is 1.81 bits per heavy atom. The SMILES string of the molecule is CS(=O)(=O)NCc1ccc(-c2ccc(Oc3cc(Cl)c(OCCCl)c(C#N)c3)cc2)cn1. The van der Waals surface area contributed by atoms with Gasteiger partial charge in [-0.25, -0.2) is 13.1 Å². The van der Waals surface area contributed by atoms with E-state index in [1.165, 1.54) is 0 Å². The molecule has 2 aromatic carbocycles. The number of pyridine rings is 1. The quantitative estimate of drug-likeness (QED) is 0.434. The number of benzene rings is 2. The summed E-state index contributed by atoms with van der Waals surface area (Å²) in [7, 11) is -3.27. The molecule has 3 rings (SSSR count). The van der Waals surface area contributed by atoms with Gasteiger partial charge in [0.2, 0.25) is 10.0 Å². The van der Waals surface area contributed by atoms with Crippen molar-refractivity contribution in [2.75, 3.05) is 18.7 Å². The monoisotopic (exact) mass is 491 g/mol. The van der Waals surface area contributed by atoms with E-state index in [1.807, 2.05) is 24.3 Å². The highest BCUT2D eigenvalue weighted by Gasteiger charge is 2.13. The first-order valence-corrected chi connectivity index (χ1v) is 12.2. The van der Waals surface area contributed by atoms with E-state index in [0.29, 0.717) is 17.2 Å². The summed E-state index contributed by atoms with van der Waals surface area (Å²) in [4.78, 5) is 4.28. The summed E-state index contributed by atoms with van der Waals surface area (Å²) in [5, 5.41) is 9.63. The van der Waals surface area contributed by atoms with Crippen molar-refractivity contribution in [1.29, 1.82) is 5.26 Å². The van der Waals surface area contributed by atoms with Gasteiger partial charge in [-0.15, -0.1) is 11.6 Å². The van der Waals surface area contributed by atoms with E-state index >= 15 is 0 Å². The highest BCUT2D eigenvalue weighted by molar-refractivity contribution is 7.88. The number of nitrogens with one attached hydrogen (secondary N) is 1. The molecule has 0 aliphatic heterocycles. The lowest BCUT2D eigenvalue weighted by molar-refractivity contribution is 0.341. The molecule has 3 aromatic rings. The fourth-order valence-electron chi connectivity index (χ4n) is 2.75. The first-order valence-electron chi connectivity index (χ1n) is 9.39. The molecule has 0 unspecified atom stereocenters. The molecule has 166 valence electrons. The molecule has 1 N–H and O–H groups in total. The van der Waals surface area contributed by atoms with Crippen LogP contribution in [-0.4, -0.2) is 32.1 Å². The van der Waals surface area contributed by atoms with Gasteiger partial charge < -0.3 is 9.47 Å². The van der Waals surface area contributed by atoms with E-state index in [4.69, 9.17) is 32.7 Å². The molecular formula is C22H19Cl2N3O4S. The van der Waals surface area contributed by atoms with Gasteiger partial charge in [0.15, 0.2) is 5.75 Å². The van der Waals surface area contributed by atoms with Crippen LogP contribution in [0.5, 0.6) is 17.2 Å². The zero-order valence-corrected chi connectivity index (χ0v) is 19.3. The van der Waals surface area contributed by atoms with Crippen LogP contribution in [0.3, 0.4) is 0 Å². The minimum absolute atomic E-state index is 0.134. The molecule has 0 amide bonds. The smallest absolute Gasteiger partial charge is 0.209 e. The van der Waals surface area contributed by atoms with Gasteiger partial charge in [-0.3, -0.25) is 4.98 Å². The minimum Gasteiger partial charge on any atom is -0.489 e. The second-order valence-corrected chi connectivity index (χ2v) is 9.31. The molecule has 7 nitrogen and oxygen atoms in total. The van der Waals surface area contributed by atoms with Crippen molar-refractivity contribution < 1.29 is 17.9 Å². The first-order chi connectivity index (χ1) is 15.3. The Balaban J connectivity index is 1.71. The van der Waals surface area contributed by atoms with Crippen molar-refractivity contribution in [3.8, 4) is 34.4 Å². The summed E-state index contributed by atoms with van der Waals surface area (Å²) >= 11 is 11.9. The lowest BCUT2D eigenvalue weighted by Crippen LogP contribution is -2.21. The topological polar surface area (TPSA) is 101 Å². The van der Waals surface area contributed by atoms with Crippen LogP contribution in [0.4, 0.5) is 0 Å². The third kappa shape index (κ3) is 6.58. The number of nitriles is 1. The van der Waals surface area contributed by atoms with Crippen LogP contribution in [0.15, 0.2) is 54.7 Å². The molecule has 0 bridgehead atoms. The van der Waals surface area contributed by atoms with Crippen LogP contribution in [0.1, 0.15) is 11.3 Å². The Morgan fingerprint density at radius 3 is 2.41 bits per heavy atom. The predicted octanol–water partition coefficient (Wildman–Crippen LogP) is 4.73. The molecule has 0 atom stereocenters. The van der Waals surface area contributed by atoms with Gasteiger partial charge in [0, 0.05) is 23.9 Å². The normalized spacial score (nSPS) is 11.1. The largest absolute Gasteiger partial charge is 0.489 e. The Morgan fingerprint density at radius 1 is 1.09 bits per heavy atom. The number of rotatable bonds is 9. The zero-order valence-electron chi connectivity index (χ0n) is 17.0. The van der Waals surface area contributed by atoms with E-state index in [2.05, 4.69) is 9.71 Å². The summed E-state index contributed by atoms with van der Waals surface area (Å²) in [6.07, 6.45) is 2.78. The van der Waals surface area contributed by atoms with Gasteiger partial charge in [-0.05, 0) is 23.8 Å². The fourth-order valence-corrected chi connectivity index (χ4v) is 3.51. The van der Waals surface area contributed by atoms with Crippen molar-refractivity contribution in [3.05, 3.63) is 71.0 Å².